The van der Waals surface area contributed by atoms with Crippen molar-refractivity contribution < 1.29 is 14.3 Å². The molecule has 0 spiro atoms. The van der Waals surface area contributed by atoms with E-state index in [2.05, 4.69) is 22.0 Å². The lowest BCUT2D eigenvalue weighted by Crippen LogP contribution is -2.25. The number of hydrogen-bond donors (Lipinski definition) is 1. The quantitative estimate of drug-likeness (QED) is 0.816. The summed E-state index contributed by atoms with van der Waals surface area (Å²) in [6, 6.07) is 7.70. The lowest BCUT2D eigenvalue weighted by molar-refractivity contribution is -0.139. The van der Waals surface area contributed by atoms with E-state index in [0.29, 0.717) is 11.3 Å². The van der Waals surface area contributed by atoms with Crippen LogP contribution in [0.3, 0.4) is 0 Å². The van der Waals surface area contributed by atoms with E-state index in [0.717, 1.165) is 15.6 Å². The minimum atomic E-state index is -0.598. The van der Waals surface area contributed by atoms with Crippen molar-refractivity contribution in [3.63, 3.8) is 0 Å². The summed E-state index contributed by atoms with van der Waals surface area (Å²) >= 11 is 3.45. The summed E-state index contributed by atoms with van der Waals surface area (Å²) < 4.78 is 11.5. The van der Waals surface area contributed by atoms with Crippen LogP contribution >= 0.6 is 15.9 Å². The Kier molecular flexibility index (Phi) is 5.12. The van der Waals surface area contributed by atoms with Crippen molar-refractivity contribution in [1.82, 2.24) is 0 Å². The van der Waals surface area contributed by atoms with Crippen molar-refractivity contribution in [2.24, 2.45) is 5.73 Å². The highest BCUT2D eigenvalue weighted by Crippen LogP contribution is 2.40. The minimum absolute atomic E-state index is 0.0172. The molecule has 1 aliphatic rings. The number of allylic oxidation sites excluding steroid dienone is 2. The Bertz CT molecular complexity index is 760. The van der Waals surface area contributed by atoms with Gasteiger partial charge in [0.25, 0.3) is 0 Å². The van der Waals surface area contributed by atoms with Gasteiger partial charge in [-0.05, 0) is 38.0 Å². The van der Waals surface area contributed by atoms with Gasteiger partial charge < -0.3 is 15.2 Å². The van der Waals surface area contributed by atoms with E-state index in [1.807, 2.05) is 25.1 Å². The molecule has 0 radical (unpaired) electrons. The van der Waals surface area contributed by atoms with Gasteiger partial charge in [-0.1, -0.05) is 28.1 Å². The highest BCUT2D eigenvalue weighted by atomic mass is 79.9. The largest absolute Gasteiger partial charge is 0.463 e. The molecule has 1 heterocycles. The molecule has 5 nitrogen and oxygen atoms in total. The van der Waals surface area contributed by atoms with Crippen LogP contribution in [0.25, 0.3) is 0 Å². The monoisotopic (exact) mass is 376 g/mol. The van der Waals surface area contributed by atoms with E-state index in [4.69, 9.17) is 15.2 Å². The van der Waals surface area contributed by atoms with Crippen molar-refractivity contribution in [1.29, 1.82) is 5.26 Å². The standard InChI is InChI=1S/C17H17BrN2O3/c1-4-22-17(21)14-10(3)23-16(20)12(8-19)15(14)11-5-6-13(18)9(2)7-11/h5-7,15H,4,20H2,1-3H3. The highest BCUT2D eigenvalue weighted by Gasteiger charge is 2.36. The Labute approximate surface area is 143 Å². The number of nitriles is 1. The predicted molar refractivity (Wildman–Crippen MR) is 88.9 cm³/mol. The molecule has 23 heavy (non-hydrogen) atoms. The molecule has 0 amide bonds. The molecule has 6 heteroatoms. The van der Waals surface area contributed by atoms with E-state index in [-0.39, 0.29) is 18.1 Å². The average molecular weight is 377 g/mol. The zero-order valence-corrected chi connectivity index (χ0v) is 14.7. The fourth-order valence-corrected chi connectivity index (χ4v) is 2.78. The first kappa shape index (κ1) is 17.1. The van der Waals surface area contributed by atoms with Crippen LogP contribution in [-0.2, 0) is 14.3 Å². The Morgan fingerprint density at radius 1 is 1.48 bits per heavy atom. The van der Waals surface area contributed by atoms with Gasteiger partial charge in [-0.3, -0.25) is 0 Å². The first-order valence-electron chi connectivity index (χ1n) is 7.12. The van der Waals surface area contributed by atoms with Gasteiger partial charge in [-0.2, -0.15) is 5.26 Å². The van der Waals surface area contributed by atoms with Crippen molar-refractivity contribution in [3.8, 4) is 6.07 Å². The molecule has 0 fully saturated rings. The van der Waals surface area contributed by atoms with Crippen LogP contribution in [0.5, 0.6) is 0 Å². The maximum atomic E-state index is 12.4. The number of esters is 1. The molecule has 0 bridgehead atoms. The third kappa shape index (κ3) is 3.25. The third-order valence-electron chi connectivity index (χ3n) is 3.62. The normalized spacial score (nSPS) is 17.6. The smallest absolute Gasteiger partial charge is 0.338 e. The molecule has 1 aromatic carbocycles. The van der Waals surface area contributed by atoms with Crippen molar-refractivity contribution in [3.05, 3.63) is 56.6 Å². The Morgan fingerprint density at radius 2 is 2.17 bits per heavy atom. The molecule has 0 saturated carbocycles. The average Bonchev–Trinajstić information content (AvgIpc) is 2.49. The SMILES string of the molecule is CCOC(=O)C1=C(C)OC(N)=C(C#N)C1c1ccc(Br)c(C)c1. The number of nitrogens with two attached hydrogens (primary N) is 1. The number of ether oxygens (including phenoxy) is 2. The van der Waals surface area contributed by atoms with E-state index in [1.54, 1.807) is 13.8 Å². The number of aryl methyl sites for hydroxylation is 1. The predicted octanol–water partition coefficient (Wildman–Crippen LogP) is 3.40. The third-order valence-corrected chi connectivity index (χ3v) is 4.51. The molecular formula is C17H17BrN2O3. The summed E-state index contributed by atoms with van der Waals surface area (Å²) in [6.07, 6.45) is 0. The van der Waals surface area contributed by atoms with Crippen LogP contribution < -0.4 is 5.73 Å². The van der Waals surface area contributed by atoms with E-state index in [1.165, 1.54) is 0 Å². The Morgan fingerprint density at radius 3 is 2.74 bits per heavy atom. The summed E-state index contributed by atoms with van der Waals surface area (Å²) in [7, 11) is 0. The van der Waals surface area contributed by atoms with Gasteiger partial charge in [-0.15, -0.1) is 0 Å². The molecule has 1 aliphatic heterocycles. The molecule has 1 unspecified atom stereocenters. The Hall–Kier alpha value is -2.26. The van der Waals surface area contributed by atoms with Gasteiger partial charge in [-0.25, -0.2) is 4.79 Å². The van der Waals surface area contributed by atoms with Crippen LogP contribution in [-0.4, -0.2) is 12.6 Å². The number of halogens is 1. The summed E-state index contributed by atoms with van der Waals surface area (Å²) in [4.78, 5) is 12.4. The van der Waals surface area contributed by atoms with E-state index in [9.17, 15) is 10.1 Å². The number of benzene rings is 1. The summed E-state index contributed by atoms with van der Waals surface area (Å²) in [5.74, 6) is -0.732. The Balaban J connectivity index is 2.64. The molecule has 120 valence electrons. The van der Waals surface area contributed by atoms with Crippen molar-refractivity contribution in [2.75, 3.05) is 6.61 Å². The zero-order chi connectivity index (χ0) is 17.1. The fraction of sp³-hybridized carbons (Fsp3) is 0.294. The van der Waals surface area contributed by atoms with Crippen LogP contribution in [0.4, 0.5) is 0 Å². The second-order valence-corrected chi connectivity index (χ2v) is 5.98. The van der Waals surface area contributed by atoms with Crippen LogP contribution in [0.2, 0.25) is 0 Å². The number of nitrogens with zero attached hydrogens (tertiary/aromatic N) is 1. The van der Waals surface area contributed by atoms with E-state index < -0.39 is 11.9 Å². The molecule has 0 aliphatic carbocycles. The molecule has 2 rings (SSSR count). The summed E-state index contributed by atoms with van der Waals surface area (Å²) in [6.45, 7) is 5.55. The number of carbonyl (C=O) groups excluding carboxylic acids is 1. The highest BCUT2D eigenvalue weighted by molar-refractivity contribution is 9.10. The topological polar surface area (TPSA) is 85.3 Å². The van der Waals surface area contributed by atoms with Gasteiger partial charge in [0.15, 0.2) is 0 Å². The maximum Gasteiger partial charge on any atom is 0.338 e. The molecule has 1 aromatic rings. The first-order valence-corrected chi connectivity index (χ1v) is 7.91. The second-order valence-electron chi connectivity index (χ2n) is 5.12. The fourth-order valence-electron chi connectivity index (χ4n) is 2.54. The van der Waals surface area contributed by atoms with Gasteiger partial charge >= 0.3 is 5.97 Å². The maximum absolute atomic E-state index is 12.4. The zero-order valence-electron chi connectivity index (χ0n) is 13.1. The molecule has 2 N–H and O–H groups in total. The number of rotatable bonds is 3. The molecular weight excluding hydrogens is 360 g/mol. The molecule has 0 aromatic heterocycles. The van der Waals surface area contributed by atoms with Crippen molar-refractivity contribution in [2.45, 2.75) is 26.7 Å². The van der Waals surface area contributed by atoms with Crippen LogP contribution in [0.15, 0.2) is 45.5 Å². The lowest BCUT2D eigenvalue weighted by Gasteiger charge is -2.27. The first-order chi connectivity index (χ1) is 10.9. The van der Waals surface area contributed by atoms with Crippen molar-refractivity contribution >= 4 is 21.9 Å². The van der Waals surface area contributed by atoms with Crippen LogP contribution in [0, 0.1) is 18.3 Å². The minimum Gasteiger partial charge on any atom is -0.463 e. The second kappa shape index (κ2) is 6.88. The summed E-state index contributed by atoms with van der Waals surface area (Å²) in [5.41, 5.74) is 8.14. The van der Waals surface area contributed by atoms with Gasteiger partial charge in [0.1, 0.15) is 17.4 Å². The molecule has 1 atom stereocenters. The van der Waals surface area contributed by atoms with E-state index >= 15 is 0 Å². The lowest BCUT2D eigenvalue weighted by atomic mass is 9.82. The number of carbonyl (C=O) groups is 1. The van der Waals surface area contributed by atoms with Gasteiger partial charge in [0, 0.05) is 4.47 Å². The number of hydrogen-bond acceptors (Lipinski definition) is 5. The molecule has 0 saturated heterocycles. The van der Waals surface area contributed by atoms with Crippen LogP contribution in [0.1, 0.15) is 30.9 Å². The van der Waals surface area contributed by atoms with Gasteiger partial charge in [0.05, 0.1) is 18.1 Å². The van der Waals surface area contributed by atoms with Gasteiger partial charge in [0.2, 0.25) is 5.88 Å². The summed E-state index contributed by atoms with van der Waals surface area (Å²) in [5, 5.41) is 9.48.